The molecule has 5 nitrogen and oxygen atoms in total. The minimum atomic E-state index is 0.411. The maximum Gasteiger partial charge on any atom is 0.229 e. The summed E-state index contributed by atoms with van der Waals surface area (Å²) >= 11 is 0. The Hall–Kier alpha value is -1.72. The van der Waals surface area contributed by atoms with Crippen molar-refractivity contribution in [3.63, 3.8) is 0 Å². The van der Waals surface area contributed by atoms with Gasteiger partial charge in [0.15, 0.2) is 5.82 Å². The summed E-state index contributed by atoms with van der Waals surface area (Å²) in [7, 11) is 0. The standard InChI is InChI=1S/C19H25N3O2/c1-2-4-15(5-3-1)14-22-10-6-17(7-11-22)19-20-18(21-24-19)16-8-12-23-13-9-16/h1-5,16-17H,6-14H2. The highest BCUT2D eigenvalue weighted by Crippen LogP contribution is 2.30. The van der Waals surface area contributed by atoms with Gasteiger partial charge in [0.05, 0.1) is 0 Å². The Bertz CT molecular complexity index is 629. The van der Waals surface area contributed by atoms with E-state index in [4.69, 9.17) is 14.2 Å². The summed E-state index contributed by atoms with van der Waals surface area (Å²) in [5.74, 6) is 2.56. The lowest BCUT2D eigenvalue weighted by atomic mass is 9.96. The van der Waals surface area contributed by atoms with Gasteiger partial charge < -0.3 is 9.26 Å². The van der Waals surface area contributed by atoms with Crippen molar-refractivity contribution in [3.05, 3.63) is 47.6 Å². The molecular weight excluding hydrogens is 302 g/mol. The van der Waals surface area contributed by atoms with Gasteiger partial charge in [-0.1, -0.05) is 35.5 Å². The average molecular weight is 327 g/mol. The monoisotopic (exact) mass is 327 g/mol. The van der Waals surface area contributed by atoms with E-state index in [1.165, 1.54) is 5.56 Å². The molecule has 0 radical (unpaired) electrons. The van der Waals surface area contributed by atoms with Gasteiger partial charge in [-0.05, 0) is 44.3 Å². The molecule has 3 heterocycles. The van der Waals surface area contributed by atoms with Gasteiger partial charge in [-0.25, -0.2) is 0 Å². The van der Waals surface area contributed by atoms with Crippen LogP contribution in [0.5, 0.6) is 0 Å². The van der Waals surface area contributed by atoms with Crippen LogP contribution < -0.4 is 0 Å². The molecule has 0 spiro atoms. The van der Waals surface area contributed by atoms with E-state index in [1.54, 1.807) is 0 Å². The van der Waals surface area contributed by atoms with Gasteiger partial charge in [0, 0.05) is 31.6 Å². The molecule has 5 heteroatoms. The second kappa shape index (κ2) is 7.45. The number of likely N-dealkylation sites (tertiary alicyclic amines) is 1. The van der Waals surface area contributed by atoms with Crippen molar-refractivity contribution in [2.24, 2.45) is 0 Å². The lowest BCUT2D eigenvalue weighted by molar-refractivity contribution is 0.0830. The Morgan fingerprint density at radius 2 is 1.71 bits per heavy atom. The van der Waals surface area contributed by atoms with Crippen LogP contribution in [0, 0.1) is 0 Å². The van der Waals surface area contributed by atoms with Crippen LogP contribution in [0.3, 0.4) is 0 Å². The molecule has 0 aliphatic carbocycles. The molecule has 4 rings (SSSR count). The number of nitrogens with zero attached hydrogens (tertiary/aromatic N) is 3. The van der Waals surface area contributed by atoms with Gasteiger partial charge in [0.25, 0.3) is 0 Å². The predicted octanol–water partition coefficient (Wildman–Crippen LogP) is 3.34. The van der Waals surface area contributed by atoms with Gasteiger partial charge in [0.2, 0.25) is 5.89 Å². The van der Waals surface area contributed by atoms with Gasteiger partial charge in [0.1, 0.15) is 0 Å². The Morgan fingerprint density at radius 3 is 2.46 bits per heavy atom. The van der Waals surface area contributed by atoms with E-state index in [0.717, 1.165) is 70.2 Å². The normalized spacial score (nSPS) is 21.2. The third-order valence-electron chi connectivity index (χ3n) is 5.23. The Morgan fingerprint density at radius 1 is 0.958 bits per heavy atom. The molecule has 0 saturated carbocycles. The summed E-state index contributed by atoms with van der Waals surface area (Å²) in [5, 5.41) is 4.25. The minimum absolute atomic E-state index is 0.411. The molecule has 2 fully saturated rings. The first-order chi connectivity index (χ1) is 11.9. The van der Waals surface area contributed by atoms with Crippen LogP contribution >= 0.6 is 0 Å². The molecule has 128 valence electrons. The largest absolute Gasteiger partial charge is 0.381 e. The van der Waals surface area contributed by atoms with E-state index in [0.29, 0.717) is 11.8 Å². The van der Waals surface area contributed by atoms with Crippen LogP contribution in [0.4, 0.5) is 0 Å². The molecule has 0 unspecified atom stereocenters. The lowest BCUT2D eigenvalue weighted by Gasteiger charge is -2.30. The van der Waals surface area contributed by atoms with Crippen LogP contribution in [0.15, 0.2) is 34.9 Å². The zero-order valence-electron chi connectivity index (χ0n) is 14.1. The number of rotatable bonds is 4. The maximum absolute atomic E-state index is 5.59. The second-order valence-corrected chi connectivity index (χ2v) is 6.91. The molecule has 2 aliphatic rings. The highest BCUT2D eigenvalue weighted by atomic mass is 16.5. The summed E-state index contributed by atoms with van der Waals surface area (Å²) in [6.45, 7) is 4.84. The van der Waals surface area contributed by atoms with Crippen LogP contribution in [0.2, 0.25) is 0 Å². The van der Waals surface area contributed by atoms with Crippen molar-refractivity contribution in [3.8, 4) is 0 Å². The Balaban J connectivity index is 1.32. The van der Waals surface area contributed by atoms with E-state index in [-0.39, 0.29) is 0 Å². The van der Waals surface area contributed by atoms with Crippen LogP contribution in [-0.4, -0.2) is 41.3 Å². The van der Waals surface area contributed by atoms with Crippen LogP contribution in [-0.2, 0) is 11.3 Å². The fraction of sp³-hybridized carbons (Fsp3) is 0.579. The number of benzene rings is 1. The first kappa shape index (κ1) is 15.8. The van der Waals surface area contributed by atoms with Crippen molar-refractivity contribution in [2.45, 2.75) is 44.1 Å². The van der Waals surface area contributed by atoms with Crippen molar-refractivity contribution in [1.82, 2.24) is 15.0 Å². The van der Waals surface area contributed by atoms with Gasteiger partial charge >= 0.3 is 0 Å². The molecule has 2 saturated heterocycles. The second-order valence-electron chi connectivity index (χ2n) is 6.91. The fourth-order valence-corrected chi connectivity index (χ4v) is 3.71. The van der Waals surface area contributed by atoms with E-state index < -0.39 is 0 Å². The van der Waals surface area contributed by atoms with E-state index >= 15 is 0 Å². The molecule has 0 amide bonds. The zero-order chi connectivity index (χ0) is 16.2. The summed E-state index contributed by atoms with van der Waals surface area (Å²) in [6, 6.07) is 10.7. The Kier molecular flexibility index (Phi) is 4.90. The first-order valence-electron chi connectivity index (χ1n) is 9.06. The summed E-state index contributed by atoms with van der Waals surface area (Å²) in [4.78, 5) is 7.23. The molecule has 0 atom stereocenters. The zero-order valence-corrected chi connectivity index (χ0v) is 14.1. The van der Waals surface area contributed by atoms with Crippen LogP contribution in [0.25, 0.3) is 0 Å². The molecule has 0 bridgehead atoms. The van der Waals surface area contributed by atoms with Crippen LogP contribution in [0.1, 0.15) is 54.8 Å². The molecule has 24 heavy (non-hydrogen) atoms. The lowest BCUT2D eigenvalue weighted by Crippen LogP contribution is -2.32. The molecule has 1 aromatic heterocycles. The molecule has 2 aliphatic heterocycles. The highest BCUT2D eigenvalue weighted by molar-refractivity contribution is 5.14. The van der Waals surface area contributed by atoms with E-state index in [9.17, 15) is 0 Å². The van der Waals surface area contributed by atoms with E-state index in [2.05, 4.69) is 40.4 Å². The van der Waals surface area contributed by atoms with Crippen molar-refractivity contribution < 1.29 is 9.26 Å². The van der Waals surface area contributed by atoms with Gasteiger partial charge in [-0.2, -0.15) is 4.98 Å². The maximum atomic E-state index is 5.59. The van der Waals surface area contributed by atoms with Gasteiger partial charge in [-0.3, -0.25) is 4.90 Å². The molecule has 1 aromatic carbocycles. The minimum Gasteiger partial charge on any atom is -0.381 e. The van der Waals surface area contributed by atoms with Crippen molar-refractivity contribution in [1.29, 1.82) is 0 Å². The summed E-state index contributed by atoms with van der Waals surface area (Å²) in [5.41, 5.74) is 1.38. The quantitative estimate of drug-likeness (QED) is 0.862. The first-order valence-corrected chi connectivity index (χ1v) is 9.06. The summed E-state index contributed by atoms with van der Waals surface area (Å²) < 4.78 is 11.0. The smallest absolute Gasteiger partial charge is 0.229 e. The van der Waals surface area contributed by atoms with Crippen molar-refractivity contribution in [2.75, 3.05) is 26.3 Å². The fourth-order valence-electron chi connectivity index (χ4n) is 3.71. The molecule has 0 N–H and O–H groups in total. The average Bonchev–Trinajstić information content (AvgIpc) is 3.14. The highest BCUT2D eigenvalue weighted by Gasteiger charge is 2.27. The molecule has 2 aromatic rings. The third-order valence-corrected chi connectivity index (χ3v) is 5.23. The summed E-state index contributed by atoms with van der Waals surface area (Å²) in [6.07, 6.45) is 4.22. The van der Waals surface area contributed by atoms with Crippen molar-refractivity contribution >= 4 is 0 Å². The number of hydrogen-bond acceptors (Lipinski definition) is 5. The van der Waals surface area contributed by atoms with Gasteiger partial charge in [-0.15, -0.1) is 0 Å². The third kappa shape index (κ3) is 3.68. The number of piperidine rings is 1. The molecular formula is C19H25N3O2. The van der Waals surface area contributed by atoms with E-state index in [1.807, 2.05) is 0 Å². The predicted molar refractivity (Wildman–Crippen MR) is 90.8 cm³/mol. The topological polar surface area (TPSA) is 51.4 Å². The SMILES string of the molecule is c1ccc(CN2CCC(c3nc(C4CCOCC4)no3)CC2)cc1. The number of ether oxygens (including phenoxy) is 1. The Labute approximate surface area is 143 Å². The number of aromatic nitrogens is 2. The number of hydrogen-bond donors (Lipinski definition) is 0.